The van der Waals surface area contributed by atoms with Gasteiger partial charge in [-0.1, -0.05) is 6.42 Å². The molecule has 0 saturated carbocycles. The monoisotopic (exact) mass is 527 g/mol. The summed E-state index contributed by atoms with van der Waals surface area (Å²) >= 11 is 0. The average molecular weight is 528 g/mol. The third kappa shape index (κ3) is 6.70. The number of nitrogens with one attached hydrogen (secondary N) is 1. The lowest BCUT2D eigenvalue weighted by Gasteiger charge is -2.32. The summed E-state index contributed by atoms with van der Waals surface area (Å²) in [6.45, 7) is 9.75. The van der Waals surface area contributed by atoms with Crippen molar-refractivity contribution in [1.29, 1.82) is 0 Å². The number of sulfonamides is 1. The molecule has 1 unspecified atom stereocenters. The Morgan fingerprint density at radius 1 is 1.04 bits per heavy atom. The van der Waals surface area contributed by atoms with Gasteiger partial charge in [0.2, 0.25) is 10.0 Å². The van der Waals surface area contributed by atoms with Crippen molar-refractivity contribution in [3.05, 3.63) is 0 Å². The molecular weight excluding hydrogens is 489 g/mol. The van der Waals surface area contributed by atoms with Crippen LogP contribution in [-0.4, -0.2) is 93.1 Å². The van der Waals surface area contributed by atoms with Crippen molar-refractivity contribution in [2.45, 2.75) is 51.5 Å². The van der Waals surface area contributed by atoms with Gasteiger partial charge in [0.25, 0.3) is 0 Å². The van der Waals surface area contributed by atoms with E-state index in [9.17, 15) is 8.42 Å². The van der Waals surface area contributed by atoms with Crippen LogP contribution in [0.2, 0.25) is 0 Å². The molecule has 3 saturated heterocycles. The van der Waals surface area contributed by atoms with Gasteiger partial charge in [-0.2, -0.15) is 0 Å². The maximum absolute atomic E-state index is 11.7. The molecule has 28 heavy (non-hydrogen) atoms. The van der Waals surface area contributed by atoms with Crippen LogP contribution in [0, 0.1) is 5.92 Å². The number of halogens is 1. The summed E-state index contributed by atoms with van der Waals surface area (Å²) in [6, 6.07) is 0.673. The van der Waals surface area contributed by atoms with E-state index < -0.39 is 10.0 Å². The average Bonchev–Trinajstić information content (AvgIpc) is 3.15. The first-order chi connectivity index (χ1) is 13.0. The van der Waals surface area contributed by atoms with Gasteiger partial charge in [0.05, 0.1) is 6.26 Å². The fourth-order valence-corrected chi connectivity index (χ4v) is 5.45. The van der Waals surface area contributed by atoms with Crippen LogP contribution in [0.25, 0.3) is 0 Å². The fraction of sp³-hybridized carbons (Fsp3) is 0.947. The quantitative estimate of drug-likeness (QED) is 0.336. The Morgan fingerprint density at radius 2 is 1.71 bits per heavy atom. The van der Waals surface area contributed by atoms with Crippen molar-refractivity contribution in [3.63, 3.8) is 0 Å². The van der Waals surface area contributed by atoms with E-state index in [-0.39, 0.29) is 24.0 Å². The van der Waals surface area contributed by atoms with Gasteiger partial charge in [-0.3, -0.25) is 9.89 Å². The molecule has 7 nitrogen and oxygen atoms in total. The topological polar surface area (TPSA) is 68.2 Å². The first-order valence-corrected chi connectivity index (χ1v) is 12.5. The van der Waals surface area contributed by atoms with Gasteiger partial charge in [0, 0.05) is 45.3 Å². The third-order valence-electron chi connectivity index (χ3n) is 6.25. The summed E-state index contributed by atoms with van der Waals surface area (Å²) in [6.07, 6.45) is 8.43. The molecule has 0 aromatic rings. The zero-order chi connectivity index (χ0) is 19.3. The highest BCUT2D eigenvalue weighted by Gasteiger charge is 2.30. The third-order valence-corrected chi connectivity index (χ3v) is 7.55. The first-order valence-electron chi connectivity index (χ1n) is 10.7. The van der Waals surface area contributed by atoms with Crippen LogP contribution in [-0.2, 0) is 10.0 Å². The minimum absolute atomic E-state index is 0. The molecule has 3 heterocycles. The van der Waals surface area contributed by atoms with E-state index in [4.69, 9.17) is 4.99 Å². The number of hydrogen-bond acceptors (Lipinski definition) is 4. The predicted molar refractivity (Wildman–Crippen MR) is 126 cm³/mol. The van der Waals surface area contributed by atoms with Gasteiger partial charge >= 0.3 is 0 Å². The van der Waals surface area contributed by atoms with Crippen molar-refractivity contribution < 1.29 is 8.42 Å². The van der Waals surface area contributed by atoms with Crippen LogP contribution in [0.1, 0.15) is 45.4 Å². The number of aliphatic imine (C=N–C) groups is 1. The number of likely N-dealkylation sites (tertiary alicyclic amines) is 2. The van der Waals surface area contributed by atoms with Crippen LogP contribution in [0.4, 0.5) is 0 Å². The lowest BCUT2D eigenvalue weighted by molar-refractivity contribution is 0.168. The summed E-state index contributed by atoms with van der Waals surface area (Å²) in [5.74, 6) is 1.53. The maximum Gasteiger partial charge on any atom is 0.211 e. The Morgan fingerprint density at radius 3 is 2.32 bits per heavy atom. The number of nitrogens with zero attached hydrogens (tertiary/aromatic N) is 4. The second-order valence-corrected chi connectivity index (χ2v) is 10.3. The summed E-state index contributed by atoms with van der Waals surface area (Å²) in [5, 5.41) is 3.47. The molecule has 164 valence electrons. The van der Waals surface area contributed by atoms with Crippen LogP contribution in [0.5, 0.6) is 0 Å². The van der Waals surface area contributed by atoms with Gasteiger partial charge < -0.3 is 10.2 Å². The molecule has 0 radical (unpaired) electrons. The first kappa shape index (κ1) is 24.1. The van der Waals surface area contributed by atoms with Crippen molar-refractivity contribution in [1.82, 2.24) is 19.4 Å². The highest BCUT2D eigenvalue weighted by atomic mass is 127. The van der Waals surface area contributed by atoms with E-state index in [0.29, 0.717) is 25.0 Å². The second-order valence-electron chi connectivity index (χ2n) is 8.29. The van der Waals surface area contributed by atoms with E-state index in [1.165, 1.54) is 45.0 Å². The summed E-state index contributed by atoms with van der Waals surface area (Å²) < 4.78 is 24.9. The second kappa shape index (κ2) is 11.3. The van der Waals surface area contributed by atoms with E-state index in [1.54, 1.807) is 4.31 Å². The Balaban J connectivity index is 0.00000280. The number of rotatable bonds is 5. The Labute approximate surface area is 188 Å². The van der Waals surface area contributed by atoms with E-state index >= 15 is 0 Å². The zero-order valence-electron chi connectivity index (χ0n) is 17.5. The van der Waals surface area contributed by atoms with Crippen LogP contribution < -0.4 is 5.32 Å². The van der Waals surface area contributed by atoms with Crippen molar-refractivity contribution >= 4 is 40.0 Å². The molecule has 3 fully saturated rings. The number of hydrogen-bond donors (Lipinski definition) is 1. The molecule has 0 aromatic heterocycles. The van der Waals surface area contributed by atoms with Gasteiger partial charge in [0.15, 0.2) is 5.96 Å². The Kier molecular flexibility index (Phi) is 9.75. The molecule has 0 bridgehead atoms. The van der Waals surface area contributed by atoms with Gasteiger partial charge in [0.1, 0.15) is 0 Å². The number of guanidine groups is 1. The molecule has 3 aliphatic heterocycles. The van der Waals surface area contributed by atoms with Crippen LogP contribution in [0.15, 0.2) is 4.99 Å². The minimum Gasteiger partial charge on any atom is -0.357 e. The summed E-state index contributed by atoms with van der Waals surface area (Å²) in [5.41, 5.74) is 0. The molecule has 9 heteroatoms. The van der Waals surface area contributed by atoms with Crippen LogP contribution in [0.3, 0.4) is 0 Å². The Hall–Kier alpha value is -0.130. The lowest BCUT2D eigenvalue weighted by atomic mass is 9.98. The number of piperidine rings is 2. The Bertz CT molecular complexity index is 601. The summed E-state index contributed by atoms with van der Waals surface area (Å²) in [4.78, 5) is 10.0. The smallest absolute Gasteiger partial charge is 0.211 e. The van der Waals surface area contributed by atoms with Gasteiger partial charge in [-0.15, -0.1) is 24.0 Å². The zero-order valence-corrected chi connectivity index (χ0v) is 20.6. The molecule has 0 aliphatic carbocycles. The van der Waals surface area contributed by atoms with E-state index in [2.05, 4.69) is 22.0 Å². The molecule has 3 rings (SSSR count). The van der Waals surface area contributed by atoms with Crippen molar-refractivity contribution in [2.24, 2.45) is 10.9 Å². The van der Waals surface area contributed by atoms with E-state index in [1.807, 2.05) is 0 Å². The SMILES string of the molecule is CCNC(=NCC1CCN(S(C)(=O)=O)CC1)N1CCC(N2CCCCC2)C1.I. The molecule has 0 amide bonds. The molecule has 1 N–H and O–H groups in total. The normalized spacial score (nSPS) is 26.3. The minimum atomic E-state index is -3.05. The molecular formula is C19H38IN5O2S. The van der Waals surface area contributed by atoms with E-state index in [0.717, 1.165) is 45.0 Å². The highest BCUT2D eigenvalue weighted by Crippen LogP contribution is 2.22. The largest absolute Gasteiger partial charge is 0.357 e. The fourth-order valence-electron chi connectivity index (χ4n) is 4.58. The van der Waals surface area contributed by atoms with Gasteiger partial charge in [-0.25, -0.2) is 12.7 Å². The van der Waals surface area contributed by atoms with Crippen molar-refractivity contribution in [2.75, 3.05) is 58.6 Å². The molecule has 0 spiro atoms. The predicted octanol–water partition coefficient (Wildman–Crippen LogP) is 1.80. The standard InChI is InChI=1S/C19H37N5O2S.HI/c1-3-20-19(21-15-17-7-13-24(14-8-17)27(2,25)26)23-12-9-18(16-23)22-10-5-4-6-11-22;/h17-18H,3-16H2,1-2H3,(H,20,21);1H. The molecule has 1 atom stereocenters. The summed E-state index contributed by atoms with van der Waals surface area (Å²) in [7, 11) is -3.05. The van der Waals surface area contributed by atoms with Crippen molar-refractivity contribution in [3.8, 4) is 0 Å². The maximum atomic E-state index is 11.7. The molecule has 0 aromatic carbocycles. The lowest BCUT2D eigenvalue weighted by Crippen LogP contribution is -2.45. The highest BCUT2D eigenvalue weighted by molar-refractivity contribution is 14.0. The van der Waals surface area contributed by atoms with Crippen LogP contribution >= 0.6 is 24.0 Å². The van der Waals surface area contributed by atoms with Gasteiger partial charge in [-0.05, 0) is 58.0 Å². The molecule has 3 aliphatic rings.